The molecule has 2 heterocycles. The van der Waals surface area contributed by atoms with Crippen molar-refractivity contribution in [3.8, 4) is 11.8 Å². The van der Waals surface area contributed by atoms with Gasteiger partial charge in [-0.15, -0.1) is 12.4 Å². The number of ether oxygens (including phenoxy) is 1. The summed E-state index contributed by atoms with van der Waals surface area (Å²) < 4.78 is 34.1. The Morgan fingerprint density at radius 1 is 1.20 bits per heavy atom. The maximum atomic E-state index is 12.4. The van der Waals surface area contributed by atoms with Gasteiger partial charge in [0.1, 0.15) is 5.75 Å². The highest BCUT2D eigenvalue weighted by Crippen LogP contribution is 2.41. The van der Waals surface area contributed by atoms with Crippen LogP contribution in [0.4, 0.5) is 0 Å². The van der Waals surface area contributed by atoms with Crippen LogP contribution in [0.15, 0.2) is 51.8 Å². The normalized spacial score (nSPS) is 20.4. The van der Waals surface area contributed by atoms with Gasteiger partial charge >= 0.3 is 0 Å². The minimum Gasteiger partial charge on any atom is -0.493 e. The smallest absolute Gasteiger partial charge is 0.240 e. The lowest BCUT2D eigenvalue weighted by molar-refractivity contribution is 0.212. The number of nitrogens with zero attached hydrogens (tertiary/aromatic N) is 2. The number of rotatable bonds is 6. The zero-order valence-electron chi connectivity index (χ0n) is 16.3. The summed E-state index contributed by atoms with van der Waals surface area (Å²) in [6, 6.07) is 14.5. The van der Waals surface area contributed by atoms with E-state index in [-0.39, 0.29) is 17.3 Å². The van der Waals surface area contributed by atoms with E-state index in [1.165, 1.54) is 0 Å². The van der Waals surface area contributed by atoms with Crippen LogP contribution in [0.3, 0.4) is 0 Å². The highest BCUT2D eigenvalue weighted by molar-refractivity contribution is 9.10. The van der Waals surface area contributed by atoms with E-state index in [4.69, 9.17) is 4.74 Å². The van der Waals surface area contributed by atoms with Crippen molar-refractivity contribution in [1.82, 2.24) is 9.62 Å². The number of halogens is 2. The highest BCUT2D eigenvalue weighted by atomic mass is 79.9. The number of hydrogen-bond donors (Lipinski definition) is 1. The van der Waals surface area contributed by atoms with Crippen molar-refractivity contribution in [2.45, 2.75) is 17.2 Å². The van der Waals surface area contributed by atoms with Crippen LogP contribution in [0.25, 0.3) is 0 Å². The molecule has 0 radical (unpaired) electrons. The number of nitrogens with one attached hydrogen (secondary N) is 1. The summed E-state index contributed by atoms with van der Waals surface area (Å²) in [6.07, 6.45) is 0.737. The van der Waals surface area contributed by atoms with Gasteiger partial charge in [0.25, 0.3) is 0 Å². The Balaban J connectivity index is 0.00000256. The second-order valence-corrected chi connectivity index (χ2v) is 10.2. The first kappa shape index (κ1) is 23.0. The molecule has 2 atom stereocenters. The maximum absolute atomic E-state index is 12.4. The summed E-state index contributed by atoms with van der Waals surface area (Å²) >= 11 is 3.31. The van der Waals surface area contributed by atoms with Crippen LogP contribution in [0.2, 0.25) is 0 Å². The lowest BCUT2D eigenvalue weighted by Crippen LogP contribution is -2.29. The Labute approximate surface area is 191 Å². The van der Waals surface area contributed by atoms with Crippen molar-refractivity contribution in [1.29, 1.82) is 5.26 Å². The van der Waals surface area contributed by atoms with Gasteiger partial charge in [-0.1, -0.05) is 15.9 Å². The first-order valence-electron chi connectivity index (χ1n) is 9.61. The Bertz CT molecular complexity index is 1040. The van der Waals surface area contributed by atoms with Crippen LogP contribution < -0.4 is 9.46 Å². The summed E-state index contributed by atoms with van der Waals surface area (Å²) in [7, 11) is -3.48. The van der Waals surface area contributed by atoms with Crippen molar-refractivity contribution >= 4 is 38.4 Å². The molecule has 2 aliphatic heterocycles. The average molecular weight is 513 g/mol. The molecule has 0 bridgehead atoms. The Morgan fingerprint density at radius 3 is 2.70 bits per heavy atom. The number of likely N-dealkylation sites (tertiary alicyclic amines) is 1. The van der Waals surface area contributed by atoms with E-state index in [1.807, 2.05) is 12.1 Å². The largest absolute Gasteiger partial charge is 0.493 e. The van der Waals surface area contributed by atoms with Crippen LogP contribution >= 0.6 is 28.3 Å². The van der Waals surface area contributed by atoms with Gasteiger partial charge in [0.05, 0.1) is 23.1 Å². The molecule has 2 aliphatic rings. The quantitative estimate of drug-likeness (QED) is 0.599. The Kier molecular flexibility index (Phi) is 7.43. The number of benzene rings is 2. The summed E-state index contributed by atoms with van der Waals surface area (Å²) in [5.41, 5.74) is 1.78. The molecule has 6 nitrogen and oxygen atoms in total. The number of nitriles is 1. The summed E-state index contributed by atoms with van der Waals surface area (Å²) in [4.78, 5) is 2.63. The van der Waals surface area contributed by atoms with Crippen LogP contribution in [0.5, 0.6) is 5.75 Å². The Hall–Kier alpha value is -1.63. The van der Waals surface area contributed by atoms with E-state index >= 15 is 0 Å². The van der Waals surface area contributed by atoms with E-state index in [2.05, 4.69) is 31.6 Å². The molecule has 9 heteroatoms. The molecule has 160 valence electrons. The van der Waals surface area contributed by atoms with E-state index in [0.717, 1.165) is 41.8 Å². The van der Waals surface area contributed by atoms with Gasteiger partial charge in [0.2, 0.25) is 10.0 Å². The molecular weight excluding hydrogens is 490 g/mol. The second-order valence-electron chi connectivity index (χ2n) is 7.51. The first-order valence-corrected chi connectivity index (χ1v) is 11.9. The lowest BCUT2D eigenvalue weighted by Gasteiger charge is -2.27. The minimum atomic E-state index is -3.48. The fraction of sp³-hybridized carbons (Fsp3) is 0.381. The fourth-order valence-electron chi connectivity index (χ4n) is 4.11. The van der Waals surface area contributed by atoms with Gasteiger partial charge in [-0.3, -0.25) is 0 Å². The molecule has 1 N–H and O–H groups in total. The molecule has 0 amide bonds. The van der Waals surface area contributed by atoms with Crippen LogP contribution in [-0.2, 0) is 10.0 Å². The Morgan fingerprint density at radius 2 is 1.97 bits per heavy atom. The molecular formula is C21H23BrClN3O3S. The van der Waals surface area contributed by atoms with E-state index in [1.54, 1.807) is 30.3 Å². The summed E-state index contributed by atoms with van der Waals surface area (Å²) in [5, 5.41) is 9.18. The average Bonchev–Trinajstić information content (AvgIpc) is 3.15. The fourth-order valence-corrected chi connectivity index (χ4v) is 5.45. The third-order valence-electron chi connectivity index (χ3n) is 5.58. The first-order chi connectivity index (χ1) is 14.0. The van der Waals surface area contributed by atoms with Crippen LogP contribution in [-0.4, -0.2) is 46.1 Å². The number of fused-ring (bicyclic) bond motifs is 3. The molecule has 4 rings (SSSR count). The van der Waals surface area contributed by atoms with Crippen LogP contribution in [0.1, 0.15) is 23.5 Å². The maximum Gasteiger partial charge on any atom is 0.240 e. The van der Waals surface area contributed by atoms with Gasteiger partial charge < -0.3 is 9.64 Å². The summed E-state index contributed by atoms with van der Waals surface area (Å²) in [6.45, 7) is 3.75. The lowest BCUT2D eigenvalue weighted by atomic mass is 9.86. The molecule has 30 heavy (non-hydrogen) atoms. The SMILES string of the molecule is Cl.N#Cc1ccc2c(c1)C1CN(CCCNS(=O)(=O)c3ccc(Br)cc3)CC1CO2. The minimum absolute atomic E-state index is 0. The second kappa shape index (κ2) is 9.67. The predicted molar refractivity (Wildman–Crippen MR) is 121 cm³/mol. The third-order valence-corrected chi connectivity index (χ3v) is 7.58. The molecule has 0 saturated carbocycles. The summed E-state index contributed by atoms with van der Waals surface area (Å²) in [5.74, 6) is 1.66. The van der Waals surface area contributed by atoms with Crippen molar-refractivity contribution in [2.24, 2.45) is 5.92 Å². The van der Waals surface area contributed by atoms with Crippen molar-refractivity contribution in [3.63, 3.8) is 0 Å². The van der Waals surface area contributed by atoms with Gasteiger partial charge in [-0.2, -0.15) is 5.26 Å². The standard InChI is InChI=1S/C21H22BrN3O3S.ClH/c22-17-3-5-18(6-4-17)29(26,27)24-8-1-9-25-12-16-14-28-21-7-2-15(11-23)10-19(21)20(16)13-25;/h2-7,10,16,20,24H,1,8-9,12-14H2;1H. The van der Waals surface area contributed by atoms with Crippen molar-refractivity contribution < 1.29 is 13.2 Å². The third kappa shape index (κ3) is 4.98. The molecule has 2 unspecified atom stereocenters. The van der Waals surface area contributed by atoms with Crippen molar-refractivity contribution in [3.05, 3.63) is 58.1 Å². The molecule has 1 saturated heterocycles. The van der Waals surface area contributed by atoms with Gasteiger partial charge in [0, 0.05) is 41.5 Å². The molecule has 2 aromatic carbocycles. The monoisotopic (exact) mass is 511 g/mol. The molecule has 2 aromatic rings. The molecule has 1 fully saturated rings. The number of hydrogen-bond acceptors (Lipinski definition) is 5. The molecule has 0 aromatic heterocycles. The molecule has 0 spiro atoms. The predicted octanol–water partition coefficient (Wildman–Crippen LogP) is 3.52. The molecule has 0 aliphatic carbocycles. The van der Waals surface area contributed by atoms with E-state index < -0.39 is 10.0 Å². The zero-order chi connectivity index (χ0) is 20.4. The highest BCUT2D eigenvalue weighted by Gasteiger charge is 2.38. The van der Waals surface area contributed by atoms with Crippen LogP contribution in [0, 0.1) is 17.2 Å². The van der Waals surface area contributed by atoms with Gasteiger partial charge in [-0.25, -0.2) is 13.1 Å². The van der Waals surface area contributed by atoms with E-state index in [9.17, 15) is 13.7 Å². The van der Waals surface area contributed by atoms with Gasteiger partial charge in [0.15, 0.2) is 0 Å². The zero-order valence-corrected chi connectivity index (χ0v) is 19.5. The van der Waals surface area contributed by atoms with Gasteiger partial charge in [-0.05, 0) is 55.4 Å². The van der Waals surface area contributed by atoms with Crippen molar-refractivity contribution in [2.75, 3.05) is 32.8 Å². The topological polar surface area (TPSA) is 82.4 Å². The van der Waals surface area contributed by atoms with E-state index in [0.29, 0.717) is 30.6 Å². The number of sulfonamides is 1.